The predicted molar refractivity (Wildman–Crippen MR) is 88.9 cm³/mol. The number of aryl methyl sites for hydroxylation is 3. The molecule has 0 aromatic heterocycles. The van der Waals surface area contributed by atoms with Gasteiger partial charge in [-0.25, -0.2) is 4.39 Å². The van der Waals surface area contributed by atoms with E-state index in [0.29, 0.717) is 5.69 Å². The molecule has 2 aromatic rings. The van der Waals surface area contributed by atoms with Gasteiger partial charge in [0, 0.05) is 5.69 Å². The summed E-state index contributed by atoms with van der Waals surface area (Å²) in [6.07, 6.45) is 0. The van der Waals surface area contributed by atoms with Crippen LogP contribution in [0.2, 0.25) is 0 Å². The Morgan fingerprint density at radius 1 is 1.22 bits per heavy atom. The number of anilines is 2. The fraction of sp³-hybridized carbons (Fsp3) is 0.222. The van der Waals surface area contributed by atoms with Crippen LogP contribution in [-0.2, 0) is 4.79 Å². The van der Waals surface area contributed by atoms with Crippen LogP contribution in [-0.4, -0.2) is 12.5 Å². The van der Waals surface area contributed by atoms with Crippen molar-refractivity contribution < 1.29 is 9.18 Å². The lowest BCUT2D eigenvalue weighted by Crippen LogP contribution is -2.23. The predicted octanol–water partition coefficient (Wildman–Crippen LogP) is 3.67. The first kappa shape index (κ1) is 16.5. The minimum atomic E-state index is -0.608. The highest BCUT2D eigenvalue weighted by molar-refractivity contribution is 5.95. The number of benzene rings is 2. The van der Waals surface area contributed by atoms with Crippen molar-refractivity contribution in [2.75, 3.05) is 17.2 Å². The molecule has 2 rings (SSSR count). The average Bonchev–Trinajstić information content (AvgIpc) is 2.48. The van der Waals surface area contributed by atoms with Crippen molar-refractivity contribution in [3.8, 4) is 6.07 Å². The number of carbonyl (C=O) groups excluding carboxylic acids is 1. The van der Waals surface area contributed by atoms with Crippen LogP contribution >= 0.6 is 0 Å². The second-order valence-electron chi connectivity index (χ2n) is 5.45. The average molecular weight is 311 g/mol. The Balaban J connectivity index is 2.08. The maximum Gasteiger partial charge on any atom is 0.243 e. The quantitative estimate of drug-likeness (QED) is 0.905. The molecule has 0 aliphatic heterocycles. The number of nitriles is 1. The summed E-state index contributed by atoms with van der Waals surface area (Å²) in [7, 11) is 0. The van der Waals surface area contributed by atoms with Crippen molar-refractivity contribution in [2.24, 2.45) is 0 Å². The summed E-state index contributed by atoms with van der Waals surface area (Å²) in [6.45, 7) is 5.82. The number of hydrogen-bond donors (Lipinski definition) is 2. The van der Waals surface area contributed by atoms with Crippen molar-refractivity contribution >= 4 is 17.3 Å². The molecule has 0 saturated carbocycles. The number of nitrogens with zero attached hydrogens (tertiary/aromatic N) is 1. The van der Waals surface area contributed by atoms with Gasteiger partial charge >= 0.3 is 0 Å². The third-order valence-electron chi connectivity index (χ3n) is 3.51. The monoisotopic (exact) mass is 311 g/mol. The molecule has 0 fully saturated rings. The normalized spacial score (nSPS) is 10.0. The van der Waals surface area contributed by atoms with Crippen molar-refractivity contribution in [1.82, 2.24) is 0 Å². The molecule has 2 N–H and O–H groups in total. The van der Waals surface area contributed by atoms with Crippen LogP contribution in [0.25, 0.3) is 0 Å². The molecule has 0 bridgehead atoms. The van der Waals surface area contributed by atoms with Crippen molar-refractivity contribution in [3.63, 3.8) is 0 Å². The zero-order valence-electron chi connectivity index (χ0n) is 13.3. The van der Waals surface area contributed by atoms with E-state index in [1.807, 2.05) is 32.9 Å². The molecule has 4 nitrogen and oxygen atoms in total. The van der Waals surface area contributed by atoms with Gasteiger partial charge in [0.05, 0.1) is 12.2 Å². The van der Waals surface area contributed by atoms with Crippen molar-refractivity contribution in [1.29, 1.82) is 5.26 Å². The molecular weight excluding hydrogens is 293 g/mol. The summed E-state index contributed by atoms with van der Waals surface area (Å²) in [4.78, 5) is 12.1. The Morgan fingerprint density at radius 3 is 2.48 bits per heavy atom. The summed E-state index contributed by atoms with van der Waals surface area (Å²) in [5, 5.41) is 14.6. The Kier molecular flexibility index (Phi) is 4.97. The van der Waals surface area contributed by atoms with Crippen LogP contribution in [0.3, 0.4) is 0 Å². The second kappa shape index (κ2) is 6.93. The van der Waals surface area contributed by atoms with E-state index in [1.54, 1.807) is 12.1 Å². The summed E-state index contributed by atoms with van der Waals surface area (Å²) >= 11 is 0. The Hall–Kier alpha value is -2.87. The molecule has 23 heavy (non-hydrogen) atoms. The van der Waals surface area contributed by atoms with Crippen LogP contribution in [0, 0.1) is 37.9 Å². The highest BCUT2D eigenvalue weighted by atomic mass is 19.1. The smallest absolute Gasteiger partial charge is 0.243 e. The highest BCUT2D eigenvalue weighted by Gasteiger charge is 2.11. The first-order valence-electron chi connectivity index (χ1n) is 7.22. The number of halogens is 1. The highest BCUT2D eigenvalue weighted by Crippen LogP contribution is 2.22. The van der Waals surface area contributed by atoms with Gasteiger partial charge in [-0.2, -0.15) is 5.26 Å². The molecular formula is C18H18FN3O. The molecule has 0 heterocycles. The SMILES string of the molecule is Cc1cc(C)c(NC(=O)CNc2cccc(F)c2C#N)c(C)c1. The molecule has 0 unspecified atom stereocenters. The topological polar surface area (TPSA) is 64.9 Å². The first-order valence-corrected chi connectivity index (χ1v) is 7.22. The zero-order valence-corrected chi connectivity index (χ0v) is 13.3. The third-order valence-corrected chi connectivity index (χ3v) is 3.51. The molecule has 0 spiro atoms. The van der Waals surface area contributed by atoms with Crippen LogP contribution in [0.1, 0.15) is 22.3 Å². The minimum absolute atomic E-state index is 0.0507. The van der Waals surface area contributed by atoms with E-state index in [2.05, 4.69) is 10.6 Å². The van der Waals surface area contributed by atoms with E-state index < -0.39 is 5.82 Å². The van der Waals surface area contributed by atoms with Crippen molar-refractivity contribution in [3.05, 3.63) is 58.4 Å². The molecule has 0 aliphatic rings. The lowest BCUT2D eigenvalue weighted by molar-refractivity contribution is -0.114. The van der Waals surface area contributed by atoms with Crippen LogP contribution in [0.5, 0.6) is 0 Å². The van der Waals surface area contributed by atoms with E-state index in [4.69, 9.17) is 5.26 Å². The van der Waals surface area contributed by atoms with E-state index in [-0.39, 0.29) is 18.0 Å². The molecule has 1 amide bonds. The Labute approximate surface area is 134 Å². The van der Waals surface area contributed by atoms with Gasteiger partial charge in [-0.1, -0.05) is 23.8 Å². The second-order valence-corrected chi connectivity index (χ2v) is 5.45. The van der Waals surface area contributed by atoms with Gasteiger partial charge in [0.2, 0.25) is 5.91 Å². The fourth-order valence-corrected chi connectivity index (χ4v) is 2.52. The zero-order chi connectivity index (χ0) is 17.0. The van der Waals surface area contributed by atoms with E-state index in [0.717, 1.165) is 22.4 Å². The molecule has 0 saturated heterocycles. The summed E-state index contributed by atoms with van der Waals surface area (Å²) in [6, 6.07) is 10.1. The summed E-state index contributed by atoms with van der Waals surface area (Å²) < 4.78 is 13.5. The van der Waals surface area contributed by atoms with Gasteiger partial charge in [0.1, 0.15) is 17.4 Å². The molecule has 5 heteroatoms. The lowest BCUT2D eigenvalue weighted by Gasteiger charge is -2.14. The number of amides is 1. The maximum atomic E-state index is 13.5. The van der Waals surface area contributed by atoms with Crippen LogP contribution in [0.15, 0.2) is 30.3 Å². The lowest BCUT2D eigenvalue weighted by atomic mass is 10.1. The Bertz CT molecular complexity index is 770. The van der Waals surface area contributed by atoms with Gasteiger partial charge in [-0.15, -0.1) is 0 Å². The molecule has 0 radical (unpaired) electrons. The number of rotatable bonds is 4. The standard InChI is InChI=1S/C18H18FN3O/c1-11-7-12(2)18(13(3)8-11)22-17(23)10-21-16-6-4-5-15(19)14(16)9-20/h4-8,21H,10H2,1-3H3,(H,22,23). The van der Waals surface area contributed by atoms with E-state index in [1.165, 1.54) is 12.1 Å². The van der Waals surface area contributed by atoms with Crippen molar-refractivity contribution in [2.45, 2.75) is 20.8 Å². The number of carbonyl (C=O) groups is 1. The van der Waals surface area contributed by atoms with Gasteiger partial charge < -0.3 is 10.6 Å². The molecule has 0 aliphatic carbocycles. The number of nitrogens with one attached hydrogen (secondary N) is 2. The van der Waals surface area contributed by atoms with Crippen LogP contribution < -0.4 is 10.6 Å². The first-order chi connectivity index (χ1) is 10.9. The Morgan fingerprint density at radius 2 is 1.87 bits per heavy atom. The van der Waals surface area contributed by atoms with Gasteiger partial charge in [0.25, 0.3) is 0 Å². The maximum absolute atomic E-state index is 13.5. The fourth-order valence-electron chi connectivity index (χ4n) is 2.52. The molecule has 0 atom stereocenters. The third kappa shape index (κ3) is 3.86. The molecule has 2 aromatic carbocycles. The van der Waals surface area contributed by atoms with Gasteiger partial charge in [0.15, 0.2) is 0 Å². The van der Waals surface area contributed by atoms with Gasteiger partial charge in [-0.3, -0.25) is 4.79 Å². The number of hydrogen-bond acceptors (Lipinski definition) is 3. The summed E-state index contributed by atoms with van der Waals surface area (Å²) in [5.74, 6) is -0.865. The summed E-state index contributed by atoms with van der Waals surface area (Å²) in [5.41, 5.74) is 4.10. The van der Waals surface area contributed by atoms with Gasteiger partial charge in [-0.05, 0) is 44.0 Å². The van der Waals surface area contributed by atoms with E-state index >= 15 is 0 Å². The largest absolute Gasteiger partial charge is 0.375 e. The molecule has 118 valence electrons. The minimum Gasteiger partial charge on any atom is -0.375 e. The van der Waals surface area contributed by atoms with Crippen LogP contribution in [0.4, 0.5) is 15.8 Å². The van der Waals surface area contributed by atoms with E-state index in [9.17, 15) is 9.18 Å².